The van der Waals surface area contributed by atoms with Crippen LogP contribution in [0, 0.1) is 17.8 Å². The predicted octanol–water partition coefficient (Wildman–Crippen LogP) is 2.91. The van der Waals surface area contributed by atoms with E-state index in [9.17, 15) is 4.79 Å². The van der Waals surface area contributed by atoms with Gasteiger partial charge in [-0.2, -0.15) is 0 Å². The van der Waals surface area contributed by atoms with Gasteiger partial charge in [0.05, 0.1) is 0 Å². The molecule has 2 fully saturated rings. The largest absolute Gasteiger partial charge is 0.330 e. The smallest absolute Gasteiger partial charge is 0.227 e. The Hall–Kier alpha value is -1.35. The molecular weight excluding hydrogens is 248 g/mol. The number of hydrogen-bond donors (Lipinski definition) is 2. The Morgan fingerprint density at radius 1 is 1.20 bits per heavy atom. The lowest BCUT2D eigenvalue weighted by Gasteiger charge is -2.23. The first-order chi connectivity index (χ1) is 9.49. The van der Waals surface area contributed by atoms with Crippen molar-refractivity contribution in [3.63, 3.8) is 0 Å². The van der Waals surface area contributed by atoms with Gasteiger partial charge in [-0.3, -0.25) is 4.79 Å². The van der Waals surface area contributed by atoms with E-state index in [0.717, 1.165) is 30.4 Å². The van der Waals surface area contributed by atoms with Crippen LogP contribution in [0.2, 0.25) is 0 Å². The maximum atomic E-state index is 12.2. The van der Waals surface area contributed by atoms with E-state index in [4.69, 9.17) is 5.73 Å². The quantitative estimate of drug-likeness (QED) is 0.885. The number of hydrogen-bond acceptors (Lipinski definition) is 2. The summed E-state index contributed by atoms with van der Waals surface area (Å²) in [6.07, 6.45) is 3.54. The maximum Gasteiger partial charge on any atom is 0.227 e. The van der Waals surface area contributed by atoms with E-state index >= 15 is 0 Å². The lowest BCUT2D eigenvalue weighted by Crippen LogP contribution is -2.28. The Bertz CT molecular complexity index is 496. The van der Waals surface area contributed by atoms with Crippen LogP contribution in [-0.2, 0) is 10.2 Å². The number of benzene rings is 1. The lowest BCUT2D eigenvalue weighted by atomic mass is 9.85. The third-order valence-electron chi connectivity index (χ3n) is 5.06. The normalized spacial score (nSPS) is 28.1. The second-order valence-corrected chi connectivity index (χ2v) is 7.08. The summed E-state index contributed by atoms with van der Waals surface area (Å²) in [6.45, 7) is 4.88. The van der Waals surface area contributed by atoms with Gasteiger partial charge < -0.3 is 11.1 Å². The van der Waals surface area contributed by atoms with Crippen molar-refractivity contribution in [2.24, 2.45) is 23.5 Å². The molecule has 0 heterocycles. The molecule has 0 bridgehead atoms. The molecular formula is C17H24N2O. The predicted molar refractivity (Wildman–Crippen MR) is 81.5 cm³/mol. The van der Waals surface area contributed by atoms with Gasteiger partial charge >= 0.3 is 0 Å². The molecule has 2 aliphatic carbocycles. The van der Waals surface area contributed by atoms with Gasteiger partial charge in [0.2, 0.25) is 5.91 Å². The standard InChI is InChI=1S/C17H24N2O/c1-17(2,10-18)14-3-5-15(6-4-14)19-16(20)13-8-11-7-12(11)9-13/h3-6,11-13H,7-10,18H2,1-2H3,(H,19,20). The number of nitrogens with one attached hydrogen (secondary N) is 1. The number of carbonyl (C=O) groups is 1. The van der Waals surface area contributed by atoms with Gasteiger partial charge in [-0.1, -0.05) is 26.0 Å². The summed E-state index contributed by atoms with van der Waals surface area (Å²) < 4.78 is 0. The summed E-state index contributed by atoms with van der Waals surface area (Å²) in [4.78, 5) is 12.2. The SMILES string of the molecule is CC(C)(CN)c1ccc(NC(=O)C2CC3CC3C2)cc1. The van der Waals surface area contributed by atoms with Gasteiger partial charge in [0.25, 0.3) is 0 Å². The van der Waals surface area contributed by atoms with Crippen molar-refractivity contribution in [3.8, 4) is 0 Å². The van der Waals surface area contributed by atoms with E-state index in [-0.39, 0.29) is 17.2 Å². The Kier molecular flexibility index (Phi) is 3.33. The number of fused-ring (bicyclic) bond motifs is 1. The number of anilines is 1. The fraction of sp³-hybridized carbons (Fsp3) is 0.588. The minimum Gasteiger partial charge on any atom is -0.330 e. The van der Waals surface area contributed by atoms with Crippen LogP contribution < -0.4 is 11.1 Å². The Balaban J connectivity index is 1.61. The van der Waals surface area contributed by atoms with Crippen molar-refractivity contribution in [1.82, 2.24) is 0 Å². The van der Waals surface area contributed by atoms with Gasteiger partial charge in [0.1, 0.15) is 0 Å². The van der Waals surface area contributed by atoms with E-state index in [1.807, 2.05) is 12.1 Å². The summed E-state index contributed by atoms with van der Waals surface area (Å²) in [5.74, 6) is 2.12. The molecule has 2 saturated carbocycles. The van der Waals surface area contributed by atoms with Gasteiger partial charge in [0.15, 0.2) is 0 Å². The molecule has 0 saturated heterocycles. The van der Waals surface area contributed by atoms with Crippen LogP contribution >= 0.6 is 0 Å². The zero-order chi connectivity index (χ0) is 14.3. The van der Waals surface area contributed by atoms with Crippen LogP contribution in [0.3, 0.4) is 0 Å². The summed E-state index contributed by atoms with van der Waals surface area (Å²) in [6, 6.07) is 8.10. The molecule has 3 heteroatoms. The van der Waals surface area contributed by atoms with Crippen LogP contribution in [0.5, 0.6) is 0 Å². The summed E-state index contributed by atoms with van der Waals surface area (Å²) in [7, 11) is 0. The first kappa shape index (κ1) is 13.6. The highest BCUT2D eigenvalue weighted by molar-refractivity contribution is 5.92. The Morgan fingerprint density at radius 2 is 1.80 bits per heavy atom. The molecule has 108 valence electrons. The van der Waals surface area contributed by atoms with Crippen molar-refractivity contribution < 1.29 is 4.79 Å². The molecule has 0 aliphatic heterocycles. The van der Waals surface area contributed by atoms with Crippen LogP contribution in [0.25, 0.3) is 0 Å². The molecule has 3 nitrogen and oxygen atoms in total. The highest BCUT2D eigenvalue weighted by Gasteiger charge is 2.47. The van der Waals surface area contributed by atoms with E-state index < -0.39 is 0 Å². The Labute approximate surface area is 120 Å². The maximum absolute atomic E-state index is 12.2. The van der Waals surface area contributed by atoms with Crippen molar-refractivity contribution >= 4 is 11.6 Å². The van der Waals surface area contributed by atoms with Crippen LogP contribution in [0.4, 0.5) is 5.69 Å². The topological polar surface area (TPSA) is 55.1 Å². The monoisotopic (exact) mass is 272 g/mol. The molecule has 2 unspecified atom stereocenters. The average molecular weight is 272 g/mol. The third kappa shape index (κ3) is 2.59. The van der Waals surface area contributed by atoms with Crippen LogP contribution in [0.1, 0.15) is 38.7 Å². The highest BCUT2D eigenvalue weighted by atomic mass is 16.1. The first-order valence-corrected chi connectivity index (χ1v) is 7.61. The molecule has 2 atom stereocenters. The summed E-state index contributed by atoms with van der Waals surface area (Å²) >= 11 is 0. The fourth-order valence-electron chi connectivity index (χ4n) is 3.30. The van der Waals surface area contributed by atoms with Crippen molar-refractivity contribution in [2.45, 2.75) is 38.5 Å². The zero-order valence-electron chi connectivity index (χ0n) is 12.4. The van der Waals surface area contributed by atoms with E-state index in [1.165, 1.54) is 12.0 Å². The number of amides is 1. The summed E-state index contributed by atoms with van der Waals surface area (Å²) in [5, 5.41) is 3.05. The van der Waals surface area contributed by atoms with Crippen LogP contribution in [-0.4, -0.2) is 12.5 Å². The molecule has 0 aromatic heterocycles. The van der Waals surface area contributed by atoms with Crippen molar-refractivity contribution in [2.75, 3.05) is 11.9 Å². The molecule has 3 rings (SSSR count). The molecule has 0 radical (unpaired) electrons. The molecule has 0 spiro atoms. The molecule has 1 amide bonds. The third-order valence-corrected chi connectivity index (χ3v) is 5.06. The molecule has 20 heavy (non-hydrogen) atoms. The van der Waals surface area contributed by atoms with Crippen LogP contribution in [0.15, 0.2) is 24.3 Å². The Morgan fingerprint density at radius 3 is 2.35 bits per heavy atom. The minimum atomic E-state index is -0.0186. The lowest BCUT2D eigenvalue weighted by molar-refractivity contribution is -0.120. The van der Waals surface area contributed by atoms with Crippen molar-refractivity contribution in [3.05, 3.63) is 29.8 Å². The minimum absolute atomic E-state index is 0.0186. The molecule has 2 aliphatic rings. The number of rotatable bonds is 4. The first-order valence-electron chi connectivity index (χ1n) is 7.61. The number of carbonyl (C=O) groups excluding carboxylic acids is 1. The summed E-state index contributed by atoms with van der Waals surface area (Å²) in [5.41, 5.74) is 7.87. The van der Waals surface area contributed by atoms with Gasteiger partial charge in [-0.15, -0.1) is 0 Å². The van der Waals surface area contributed by atoms with E-state index in [1.54, 1.807) is 0 Å². The second kappa shape index (κ2) is 4.88. The van der Waals surface area contributed by atoms with E-state index in [2.05, 4.69) is 31.3 Å². The molecule has 3 N–H and O–H groups in total. The zero-order valence-corrected chi connectivity index (χ0v) is 12.4. The van der Waals surface area contributed by atoms with Gasteiger partial charge in [-0.05, 0) is 48.8 Å². The van der Waals surface area contributed by atoms with Crippen molar-refractivity contribution in [1.29, 1.82) is 0 Å². The molecule has 1 aromatic carbocycles. The second-order valence-electron chi connectivity index (χ2n) is 7.08. The van der Waals surface area contributed by atoms with Gasteiger partial charge in [0, 0.05) is 23.6 Å². The average Bonchev–Trinajstić information content (AvgIpc) is 3.05. The molecule has 1 aromatic rings. The van der Waals surface area contributed by atoms with E-state index in [0.29, 0.717) is 6.54 Å². The van der Waals surface area contributed by atoms with Gasteiger partial charge in [-0.25, -0.2) is 0 Å². The highest BCUT2D eigenvalue weighted by Crippen LogP contribution is 2.54. The fourth-order valence-corrected chi connectivity index (χ4v) is 3.30. The number of nitrogens with two attached hydrogens (primary N) is 1.